The minimum absolute atomic E-state index is 0.0153. The molecule has 0 fully saturated rings. The molecule has 1 atom stereocenters. The number of para-hydroxylation sites is 1. The largest absolute Gasteiger partial charge is 0.497 e. The minimum Gasteiger partial charge on any atom is -0.497 e. The van der Waals surface area contributed by atoms with Crippen molar-refractivity contribution in [2.45, 2.75) is 11.8 Å². The lowest BCUT2D eigenvalue weighted by Gasteiger charge is -2.32. The van der Waals surface area contributed by atoms with Gasteiger partial charge in [0.05, 0.1) is 19.6 Å². The second kappa shape index (κ2) is 8.75. The van der Waals surface area contributed by atoms with Crippen molar-refractivity contribution in [2.24, 2.45) is 7.05 Å². The average molecular weight is 426 g/mol. The minimum atomic E-state index is -0.941. The van der Waals surface area contributed by atoms with E-state index >= 15 is 0 Å². The molecule has 0 aliphatic carbocycles. The van der Waals surface area contributed by atoms with Gasteiger partial charge in [-0.1, -0.05) is 36.4 Å². The quantitative estimate of drug-likeness (QED) is 0.259. The van der Waals surface area contributed by atoms with E-state index in [0.717, 1.165) is 27.8 Å². The smallest absolute Gasteiger partial charge is 0.178 e. The molecule has 0 amide bonds. The Balaban J connectivity index is 2.02. The standard InChI is InChI=1S/C28H27NO3/c1-5-18-28(21-12-16-23(32-4)17-13-21,27(30)20-10-14-22(31-3)15-11-20)25-19-29(2)26-9-7-6-8-24(25)26/h5-17,19H,1,18H2,2-4H3. The molecule has 1 aromatic heterocycles. The maximum absolute atomic E-state index is 14.3. The number of methoxy groups -OCH3 is 2. The zero-order valence-electron chi connectivity index (χ0n) is 18.7. The van der Waals surface area contributed by atoms with Crippen molar-refractivity contribution in [3.63, 3.8) is 0 Å². The number of allylic oxidation sites excluding steroid dienone is 1. The third kappa shape index (κ3) is 3.48. The van der Waals surface area contributed by atoms with E-state index in [2.05, 4.69) is 29.5 Å². The van der Waals surface area contributed by atoms with E-state index < -0.39 is 5.41 Å². The van der Waals surface area contributed by atoms with Gasteiger partial charge in [0, 0.05) is 29.7 Å². The highest BCUT2D eigenvalue weighted by molar-refractivity contribution is 6.09. The number of ether oxygens (including phenoxy) is 2. The van der Waals surface area contributed by atoms with E-state index in [9.17, 15) is 4.79 Å². The van der Waals surface area contributed by atoms with E-state index in [1.165, 1.54) is 0 Å². The Hall–Kier alpha value is -3.79. The topological polar surface area (TPSA) is 40.5 Å². The normalized spacial score (nSPS) is 12.8. The van der Waals surface area contributed by atoms with Crippen LogP contribution in [0.2, 0.25) is 0 Å². The lowest BCUT2D eigenvalue weighted by molar-refractivity contribution is 0.0913. The lowest BCUT2D eigenvalue weighted by atomic mass is 9.67. The predicted octanol–water partition coefficient (Wildman–Crippen LogP) is 5.94. The van der Waals surface area contributed by atoms with E-state index in [-0.39, 0.29) is 5.78 Å². The molecule has 162 valence electrons. The summed E-state index contributed by atoms with van der Waals surface area (Å²) in [4.78, 5) is 14.3. The molecule has 4 aromatic rings. The van der Waals surface area contributed by atoms with Crippen molar-refractivity contribution in [3.8, 4) is 11.5 Å². The number of fused-ring (bicyclic) bond motifs is 1. The summed E-state index contributed by atoms with van der Waals surface area (Å²) in [5.41, 5.74) is 2.61. The van der Waals surface area contributed by atoms with Gasteiger partial charge in [-0.3, -0.25) is 4.79 Å². The molecule has 3 aromatic carbocycles. The Bertz CT molecular complexity index is 1250. The molecule has 0 spiro atoms. The van der Waals surface area contributed by atoms with Gasteiger partial charge in [0.25, 0.3) is 0 Å². The molecular formula is C28H27NO3. The Morgan fingerprint density at radius 1 is 0.938 bits per heavy atom. The molecule has 4 rings (SSSR count). The number of rotatable bonds is 8. The molecule has 0 aliphatic heterocycles. The number of hydrogen-bond donors (Lipinski definition) is 0. The number of nitrogens with zero attached hydrogens (tertiary/aromatic N) is 1. The summed E-state index contributed by atoms with van der Waals surface area (Å²) in [7, 11) is 5.27. The summed E-state index contributed by atoms with van der Waals surface area (Å²) in [5.74, 6) is 1.48. The number of benzene rings is 3. The molecule has 1 unspecified atom stereocenters. The highest BCUT2D eigenvalue weighted by Gasteiger charge is 2.43. The number of Topliss-reactive ketones (excluding diaryl/α,β-unsaturated/α-hetero) is 1. The number of hydrogen-bond acceptors (Lipinski definition) is 3. The molecule has 4 heteroatoms. The van der Waals surface area contributed by atoms with Crippen molar-refractivity contribution in [1.29, 1.82) is 0 Å². The second-order valence-electron chi connectivity index (χ2n) is 7.86. The summed E-state index contributed by atoms with van der Waals surface area (Å²) in [6, 6.07) is 23.2. The molecule has 4 nitrogen and oxygen atoms in total. The maximum atomic E-state index is 14.3. The van der Waals surface area contributed by atoms with Crippen LogP contribution in [0.3, 0.4) is 0 Å². The Morgan fingerprint density at radius 3 is 2.12 bits per heavy atom. The van der Waals surface area contributed by atoms with Gasteiger partial charge in [-0.15, -0.1) is 6.58 Å². The molecule has 0 N–H and O–H groups in total. The van der Waals surface area contributed by atoms with E-state index in [1.807, 2.05) is 73.8 Å². The van der Waals surface area contributed by atoms with Crippen LogP contribution >= 0.6 is 0 Å². The van der Waals surface area contributed by atoms with Gasteiger partial charge in [-0.25, -0.2) is 0 Å². The number of ketones is 1. The van der Waals surface area contributed by atoms with Crippen LogP contribution in [0.5, 0.6) is 11.5 Å². The van der Waals surface area contributed by atoms with Crippen LogP contribution in [-0.2, 0) is 12.5 Å². The van der Waals surface area contributed by atoms with Crippen molar-refractivity contribution in [3.05, 3.63) is 108 Å². The molecular weight excluding hydrogens is 398 g/mol. The number of carbonyl (C=O) groups excluding carboxylic acids is 1. The first-order valence-electron chi connectivity index (χ1n) is 10.5. The fourth-order valence-corrected chi connectivity index (χ4v) is 4.49. The van der Waals surface area contributed by atoms with Crippen molar-refractivity contribution in [2.75, 3.05) is 14.2 Å². The van der Waals surface area contributed by atoms with Gasteiger partial charge in [-0.05, 0) is 60.0 Å². The van der Waals surface area contributed by atoms with Gasteiger partial charge in [-0.2, -0.15) is 0 Å². The first kappa shape index (κ1) is 21.4. The number of aryl methyl sites for hydroxylation is 1. The van der Waals surface area contributed by atoms with Crippen molar-refractivity contribution < 1.29 is 14.3 Å². The fraction of sp³-hybridized carbons (Fsp3) is 0.179. The van der Waals surface area contributed by atoms with Gasteiger partial charge >= 0.3 is 0 Å². The highest BCUT2D eigenvalue weighted by Crippen LogP contribution is 2.43. The number of aromatic nitrogens is 1. The maximum Gasteiger partial charge on any atom is 0.178 e. The van der Waals surface area contributed by atoms with Crippen LogP contribution in [0.4, 0.5) is 0 Å². The first-order chi connectivity index (χ1) is 15.5. The van der Waals surface area contributed by atoms with Gasteiger partial charge < -0.3 is 14.0 Å². The first-order valence-corrected chi connectivity index (χ1v) is 10.5. The van der Waals surface area contributed by atoms with Crippen LogP contribution < -0.4 is 9.47 Å². The monoisotopic (exact) mass is 425 g/mol. The van der Waals surface area contributed by atoms with Crippen LogP contribution in [-0.4, -0.2) is 24.6 Å². The third-order valence-corrected chi connectivity index (χ3v) is 6.13. The summed E-state index contributed by atoms with van der Waals surface area (Å²) in [6.45, 7) is 4.02. The van der Waals surface area contributed by atoms with Crippen LogP contribution in [0.25, 0.3) is 10.9 Å². The Labute approximate surface area is 188 Å². The SMILES string of the molecule is C=CCC(C(=O)c1ccc(OC)cc1)(c1ccc(OC)cc1)c1cn(C)c2ccccc12. The molecule has 32 heavy (non-hydrogen) atoms. The van der Waals surface area contributed by atoms with E-state index in [0.29, 0.717) is 17.7 Å². The van der Waals surface area contributed by atoms with Crippen molar-refractivity contribution >= 4 is 16.7 Å². The van der Waals surface area contributed by atoms with Crippen LogP contribution in [0, 0.1) is 0 Å². The molecule has 1 heterocycles. The van der Waals surface area contributed by atoms with E-state index in [4.69, 9.17) is 9.47 Å². The summed E-state index contributed by atoms with van der Waals surface area (Å²) in [6.07, 6.45) is 4.35. The summed E-state index contributed by atoms with van der Waals surface area (Å²) >= 11 is 0. The zero-order valence-corrected chi connectivity index (χ0v) is 18.7. The van der Waals surface area contributed by atoms with E-state index in [1.54, 1.807) is 14.2 Å². The highest BCUT2D eigenvalue weighted by atomic mass is 16.5. The number of carbonyl (C=O) groups is 1. The molecule has 0 radical (unpaired) electrons. The Morgan fingerprint density at radius 2 is 1.53 bits per heavy atom. The Kier molecular flexibility index (Phi) is 5.87. The average Bonchev–Trinajstić information content (AvgIpc) is 3.19. The zero-order chi connectivity index (χ0) is 22.7. The second-order valence-corrected chi connectivity index (χ2v) is 7.86. The third-order valence-electron chi connectivity index (χ3n) is 6.13. The van der Waals surface area contributed by atoms with Gasteiger partial charge in [0.2, 0.25) is 0 Å². The predicted molar refractivity (Wildman–Crippen MR) is 129 cm³/mol. The molecule has 0 aliphatic rings. The van der Waals surface area contributed by atoms with Crippen molar-refractivity contribution in [1.82, 2.24) is 4.57 Å². The van der Waals surface area contributed by atoms with Crippen LogP contribution in [0.15, 0.2) is 91.6 Å². The fourth-order valence-electron chi connectivity index (χ4n) is 4.49. The molecule has 0 saturated heterocycles. The molecule has 0 bridgehead atoms. The summed E-state index contributed by atoms with van der Waals surface area (Å²) < 4.78 is 12.7. The summed E-state index contributed by atoms with van der Waals surface area (Å²) in [5, 5.41) is 1.05. The lowest BCUT2D eigenvalue weighted by Crippen LogP contribution is -2.37. The van der Waals surface area contributed by atoms with Gasteiger partial charge in [0.15, 0.2) is 5.78 Å². The van der Waals surface area contributed by atoms with Crippen LogP contribution in [0.1, 0.15) is 27.9 Å². The van der Waals surface area contributed by atoms with Gasteiger partial charge in [0.1, 0.15) is 11.5 Å². The molecule has 0 saturated carbocycles.